The first-order valence-electron chi connectivity index (χ1n) is 10.1. The summed E-state index contributed by atoms with van der Waals surface area (Å²) in [6.45, 7) is 11.7. The number of tetrazole rings is 1. The normalized spacial score (nSPS) is 12.9. The predicted octanol–water partition coefficient (Wildman–Crippen LogP) is 4.15. The third kappa shape index (κ3) is 4.98. The number of aromatic amines is 1. The van der Waals surface area contributed by atoms with Gasteiger partial charge in [0, 0.05) is 11.3 Å². The highest BCUT2D eigenvalue weighted by atomic mass is 32.2. The zero-order valence-electron chi connectivity index (χ0n) is 18.7. The first kappa shape index (κ1) is 23.0. The number of rotatable bonds is 6. The van der Waals surface area contributed by atoms with Crippen LogP contribution in [0, 0.1) is 12.7 Å². The molecule has 1 N–H and O–H groups in total. The van der Waals surface area contributed by atoms with Crippen molar-refractivity contribution in [2.45, 2.75) is 63.8 Å². The zero-order chi connectivity index (χ0) is 23.0. The molecule has 0 saturated carbocycles. The molecule has 0 radical (unpaired) electrons. The van der Waals surface area contributed by atoms with Gasteiger partial charge in [0.2, 0.25) is 0 Å². The third-order valence-corrected chi connectivity index (χ3v) is 7.11. The second kappa shape index (κ2) is 8.11. The van der Waals surface area contributed by atoms with Crippen molar-refractivity contribution >= 4 is 9.84 Å². The van der Waals surface area contributed by atoms with Crippen LogP contribution in [0.4, 0.5) is 4.39 Å². The van der Waals surface area contributed by atoms with Gasteiger partial charge in [-0.05, 0) is 57.9 Å². The summed E-state index contributed by atoms with van der Waals surface area (Å²) in [5.41, 5.74) is 1.86. The Morgan fingerprint density at radius 3 is 2.26 bits per heavy atom. The van der Waals surface area contributed by atoms with E-state index in [0.717, 1.165) is 5.56 Å². The number of H-pyrrole nitrogens is 1. The van der Waals surface area contributed by atoms with Crippen molar-refractivity contribution in [2.75, 3.05) is 5.75 Å². The van der Waals surface area contributed by atoms with E-state index in [9.17, 15) is 12.8 Å². The number of halogens is 1. The fraction of sp³-hybridized carbons (Fsp3) is 0.455. The van der Waals surface area contributed by atoms with Crippen molar-refractivity contribution in [3.8, 4) is 11.4 Å². The Morgan fingerprint density at radius 2 is 1.71 bits per heavy atom. The van der Waals surface area contributed by atoms with E-state index in [1.165, 1.54) is 6.07 Å². The maximum Gasteiger partial charge on any atom is 0.195 e. The molecular formula is C22H28FN5O2S. The molecule has 9 heteroatoms. The van der Waals surface area contributed by atoms with Crippen LogP contribution in [0.2, 0.25) is 0 Å². The minimum atomic E-state index is -3.61. The number of nitrogens with zero attached hydrogens (tertiary/aromatic N) is 4. The highest BCUT2D eigenvalue weighted by Gasteiger charge is 2.29. The molecule has 0 fully saturated rings. The first-order valence-corrected chi connectivity index (χ1v) is 11.7. The lowest BCUT2D eigenvalue weighted by Gasteiger charge is -2.26. The van der Waals surface area contributed by atoms with E-state index < -0.39 is 21.1 Å². The largest absolute Gasteiger partial charge is 0.241 e. The number of pyridine rings is 1. The molecule has 0 spiro atoms. The Kier molecular flexibility index (Phi) is 6.01. The van der Waals surface area contributed by atoms with Crippen LogP contribution in [-0.4, -0.2) is 39.8 Å². The van der Waals surface area contributed by atoms with Gasteiger partial charge in [-0.1, -0.05) is 52.8 Å². The average molecular weight is 446 g/mol. The Balaban J connectivity index is 1.80. The molecule has 0 amide bonds. The summed E-state index contributed by atoms with van der Waals surface area (Å²) in [6, 6.07) is 8.12. The second-order valence-electron chi connectivity index (χ2n) is 9.43. The molecule has 0 aliphatic rings. The number of nitrogens with one attached hydrogen (secondary N) is 1. The Hall–Kier alpha value is -2.68. The van der Waals surface area contributed by atoms with E-state index in [1.807, 2.05) is 26.8 Å². The summed E-state index contributed by atoms with van der Waals surface area (Å²) in [5, 5.41) is 13.4. The summed E-state index contributed by atoms with van der Waals surface area (Å²) in [5.74, 6) is -0.195. The van der Waals surface area contributed by atoms with Gasteiger partial charge in [0.25, 0.3) is 0 Å². The number of benzene rings is 1. The molecule has 0 aliphatic heterocycles. The molecule has 0 aliphatic carbocycles. The summed E-state index contributed by atoms with van der Waals surface area (Å²) in [4.78, 5) is 4.36. The van der Waals surface area contributed by atoms with Crippen molar-refractivity contribution < 1.29 is 12.8 Å². The molecule has 7 nitrogen and oxygen atoms in total. The Morgan fingerprint density at radius 1 is 1.03 bits per heavy atom. The fourth-order valence-corrected chi connectivity index (χ4v) is 5.16. The maximum absolute atomic E-state index is 14.8. The zero-order valence-corrected chi connectivity index (χ0v) is 19.5. The fourth-order valence-electron chi connectivity index (χ4n) is 3.63. The van der Waals surface area contributed by atoms with E-state index in [1.54, 1.807) is 18.2 Å². The first-order chi connectivity index (χ1) is 14.3. The van der Waals surface area contributed by atoms with Crippen molar-refractivity contribution in [2.24, 2.45) is 0 Å². The average Bonchev–Trinajstić information content (AvgIpc) is 3.20. The Bertz CT molecular complexity index is 1180. The molecule has 0 unspecified atom stereocenters. The maximum atomic E-state index is 14.8. The Labute approximate surface area is 182 Å². The lowest BCUT2D eigenvalue weighted by Crippen LogP contribution is -2.24. The van der Waals surface area contributed by atoms with Crippen LogP contribution in [0.3, 0.4) is 0 Å². The highest BCUT2D eigenvalue weighted by molar-refractivity contribution is 7.91. The van der Waals surface area contributed by atoms with Crippen LogP contribution in [0.1, 0.15) is 57.9 Å². The highest BCUT2D eigenvalue weighted by Crippen LogP contribution is 2.32. The lowest BCUT2D eigenvalue weighted by molar-refractivity contribution is 0.466. The van der Waals surface area contributed by atoms with Gasteiger partial charge in [0.15, 0.2) is 20.7 Å². The van der Waals surface area contributed by atoms with Gasteiger partial charge in [-0.25, -0.2) is 22.9 Å². The molecular weight excluding hydrogens is 417 g/mol. The van der Waals surface area contributed by atoms with Gasteiger partial charge in [-0.15, -0.1) is 5.10 Å². The third-order valence-electron chi connectivity index (χ3n) is 5.50. The lowest BCUT2D eigenvalue weighted by atomic mass is 9.81. The smallest absolute Gasteiger partial charge is 0.195 e. The van der Waals surface area contributed by atoms with Gasteiger partial charge in [-0.3, -0.25) is 0 Å². The van der Waals surface area contributed by atoms with Crippen molar-refractivity contribution in [1.82, 2.24) is 25.6 Å². The van der Waals surface area contributed by atoms with Crippen molar-refractivity contribution in [1.29, 1.82) is 0 Å². The summed E-state index contributed by atoms with van der Waals surface area (Å²) >= 11 is 0. The number of hydrogen-bond donors (Lipinski definition) is 1. The van der Waals surface area contributed by atoms with Gasteiger partial charge in [0.1, 0.15) is 5.82 Å². The molecule has 3 aromatic rings. The summed E-state index contributed by atoms with van der Waals surface area (Å²) < 4.78 is 40.7. The molecule has 166 valence electrons. The molecule has 0 saturated heterocycles. The SMILES string of the molecule is Cc1nc(S(=O)(=O)CCC(C)(C)c2ccc(-c3nnn[nH]3)cc2F)ccc1C(C)(C)C. The molecule has 1 aromatic carbocycles. The van der Waals surface area contributed by atoms with E-state index in [4.69, 9.17) is 0 Å². The van der Waals surface area contributed by atoms with Crippen LogP contribution in [0.25, 0.3) is 11.4 Å². The van der Waals surface area contributed by atoms with E-state index >= 15 is 0 Å². The van der Waals surface area contributed by atoms with E-state index in [2.05, 4.69) is 46.4 Å². The predicted molar refractivity (Wildman–Crippen MR) is 117 cm³/mol. The quantitative estimate of drug-likeness (QED) is 0.612. The molecule has 2 aromatic heterocycles. The molecule has 3 rings (SSSR count). The number of aromatic nitrogens is 5. The van der Waals surface area contributed by atoms with Crippen molar-refractivity contribution in [3.63, 3.8) is 0 Å². The van der Waals surface area contributed by atoms with Crippen LogP contribution in [0.15, 0.2) is 35.4 Å². The van der Waals surface area contributed by atoms with Crippen LogP contribution < -0.4 is 0 Å². The minimum Gasteiger partial charge on any atom is -0.241 e. The number of aryl methyl sites for hydroxylation is 1. The van der Waals surface area contributed by atoms with Crippen LogP contribution >= 0.6 is 0 Å². The van der Waals surface area contributed by atoms with Crippen molar-refractivity contribution in [3.05, 3.63) is 53.0 Å². The standard InChI is InChI=1S/C22H28FN5O2S/c1-14-16(21(2,3)4)9-10-19(24-14)31(29,30)12-11-22(5,6)17-8-7-15(13-18(17)23)20-25-27-28-26-20/h7-10,13H,11-12H2,1-6H3,(H,25,26,27,28). The second-order valence-corrected chi connectivity index (χ2v) is 11.5. The monoisotopic (exact) mass is 445 g/mol. The molecule has 0 atom stereocenters. The van der Waals surface area contributed by atoms with Gasteiger partial charge in [0.05, 0.1) is 5.75 Å². The minimum absolute atomic E-state index is 0.0578. The van der Waals surface area contributed by atoms with Gasteiger partial charge >= 0.3 is 0 Å². The van der Waals surface area contributed by atoms with Crippen LogP contribution in [-0.2, 0) is 20.7 Å². The van der Waals surface area contributed by atoms with Gasteiger partial charge < -0.3 is 0 Å². The topological polar surface area (TPSA) is 101 Å². The summed E-state index contributed by atoms with van der Waals surface area (Å²) in [7, 11) is -3.61. The molecule has 0 bridgehead atoms. The molecule has 31 heavy (non-hydrogen) atoms. The summed E-state index contributed by atoms with van der Waals surface area (Å²) in [6.07, 6.45) is 0.247. The number of sulfone groups is 1. The van der Waals surface area contributed by atoms with Gasteiger partial charge in [-0.2, -0.15) is 0 Å². The molecule has 2 heterocycles. The van der Waals surface area contributed by atoms with Crippen LogP contribution in [0.5, 0.6) is 0 Å². The van der Waals surface area contributed by atoms with E-state index in [-0.39, 0.29) is 22.6 Å². The van der Waals surface area contributed by atoms with E-state index in [0.29, 0.717) is 22.6 Å². The number of hydrogen-bond acceptors (Lipinski definition) is 6.